The number of nitrogens with zero attached hydrogens (tertiary/aromatic N) is 4. The van der Waals surface area contributed by atoms with Crippen molar-refractivity contribution in [3.05, 3.63) is 321 Å². The van der Waals surface area contributed by atoms with Crippen molar-refractivity contribution in [2.45, 2.75) is 52.5 Å². The number of ether oxygens (including phenoxy) is 8. The Balaban J connectivity index is 0.827. The van der Waals surface area contributed by atoms with Gasteiger partial charge in [-0.15, -0.1) is 23.1 Å². The number of pyridine rings is 1. The third-order valence-corrected chi connectivity index (χ3v) is 20.6. The van der Waals surface area contributed by atoms with Gasteiger partial charge in [-0.05, 0) is 68.4 Å². The number of methoxy groups -OCH3 is 2. The molecule has 0 spiro atoms. The molecule has 0 saturated carbocycles. The molecule has 1 saturated heterocycles. The molecule has 6 heterocycles. The van der Waals surface area contributed by atoms with Crippen LogP contribution in [0.4, 0.5) is 5.13 Å². The molecule has 2 aromatic heterocycles. The summed E-state index contributed by atoms with van der Waals surface area (Å²) >= 11 is 4.14. The predicted octanol–water partition coefficient (Wildman–Crippen LogP) is 12.9. The van der Waals surface area contributed by atoms with E-state index in [1.54, 1.807) is 37.8 Å². The zero-order valence-electron chi connectivity index (χ0n) is 55.8. The van der Waals surface area contributed by atoms with E-state index in [2.05, 4.69) is 52.2 Å². The first-order valence-corrected chi connectivity index (χ1v) is 35.9. The maximum atomic E-state index is 15.6. The molecule has 4 aliphatic rings. The number of esters is 2. The summed E-state index contributed by atoms with van der Waals surface area (Å²) in [6.45, 7) is 0.981. The van der Waals surface area contributed by atoms with Crippen LogP contribution in [0.5, 0.6) is 11.5 Å². The van der Waals surface area contributed by atoms with Gasteiger partial charge in [0.2, 0.25) is 5.37 Å². The molecule has 102 heavy (non-hydrogen) atoms. The Morgan fingerprint density at radius 2 is 1.15 bits per heavy atom. The van der Waals surface area contributed by atoms with E-state index in [0.717, 1.165) is 32.7 Å². The van der Waals surface area contributed by atoms with Crippen molar-refractivity contribution in [1.82, 2.24) is 15.2 Å². The van der Waals surface area contributed by atoms with Crippen molar-refractivity contribution in [2.75, 3.05) is 65.3 Å². The summed E-state index contributed by atoms with van der Waals surface area (Å²) < 4.78 is 48.4. The summed E-state index contributed by atoms with van der Waals surface area (Å²) in [5.74, 6) is -1.64. The van der Waals surface area contributed by atoms with Crippen LogP contribution in [0.3, 0.4) is 0 Å². The number of carbonyl (C=O) groups excluding carboxylic acids is 4. The lowest BCUT2D eigenvalue weighted by atomic mass is 9.77. The Kier molecular flexibility index (Phi) is 23.2. The quantitative estimate of drug-likeness (QED) is 0.00573. The molecule has 8 aromatic carbocycles. The number of aromatic nitrogens is 2. The van der Waals surface area contributed by atoms with Crippen LogP contribution in [0.15, 0.2) is 276 Å². The fourth-order valence-corrected chi connectivity index (χ4v) is 15.8. The molecule has 22 heteroatoms. The first-order valence-electron chi connectivity index (χ1n) is 33.1. The van der Waals surface area contributed by atoms with Gasteiger partial charge in [-0.3, -0.25) is 19.3 Å². The molecule has 4 aliphatic heterocycles. The number of anilines is 1. The second-order valence-electron chi connectivity index (χ2n) is 23.8. The lowest BCUT2D eigenvalue weighted by molar-refractivity contribution is -0.700. The van der Waals surface area contributed by atoms with Crippen LogP contribution in [-0.2, 0) is 71.0 Å². The van der Waals surface area contributed by atoms with E-state index in [4.69, 9.17) is 47.7 Å². The number of rotatable bonds is 33. The molecule has 3 atom stereocenters. The van der Waals surface area contributed by atoms with Crippen LogP contribution < -0.4 is 24.7 Å². The third kappa shape index (κ3) is 16.2. The second kappa shape index (κ2) is 33.8. The number of benzene rings is 8. The predicted molar refractivity (Wildman–Crippen MR) is 388 cm³/mol. The van der Waals surface area contributed by atoms with E-state index in [1.165, 1.54) is 39.8 Å². The van der Waals surface area contributed by atoms with Crippen LogP contribution in [-0.4, -0.2) is 111 Å². The number of nitrogens with one attached hydrogen (secondary N) is 2. The summed E-state index contributed by atoms with van der Waals surface area (Å²) in [6, 6.07) is 76.1. The minimum Gasteiger partial charge on any atom is -0.464 e. The molecule has 2 unspecified atom stereocenters. The van der Waals surface area contributed by atoms with Gasteiger partial charge >= 0.3 is 11.9 Å². The van der Waals surface area contributed by atoms with Crippen molar-refractivity contribution >= 4 is 69.5 Å². The monoisotopic (exact) mass is 1420 g/mol. The van der Waals surface area contributed by atoms with Gasteiger partial charge in [-0.1, -0.05) is 224 Å². The van der Waals surface area contributed by atoms with E-state index in [9.17, 15) is 4.79 Å². The Morgan fingerprint density at radius 1 is 0.627 bits per heavy atom. The lowest BCUT2D eigenvalue weighted by Gasteiger charge is -2.50. The number of fused-ring (bicyclic) bond motifs is 4. The van der Waals surface area contributed by atoms with Gasteiger partial charge in [0.15, 0.2) is 60.0 Å². The normalized spacial score (nSPS) is 15.5. The minimum absolute atomic E-state index is 0.0337. The summed E-state index contributed by atoms with van der Waals surface area (Å²) in [7, 11) is 3.16. The summed E-state index contributed by atoms with van der Waals surface area (Å²) in [5.41, 5.74) is 6.62. The number of hydrogen-bond acceptors (Lipinski definition) is 19. The van der Waals surface area contributed by atoms with Gasteiger partial charge in [0.05, 0.1) is 32.0 Å². The molecule has 0 aliphatic carbocycles. The van der Waals surface area contributed by atoms with Crippen LogP contribution in [0, 0.1) is 0 Å². The molecule has 2 amide bonds. The fourth-order valence-electron chi connectivity index (χ4n) is 12.3. The molecule has 518 valence electrons. The van der Waals surface area contributed by atoms with Crippen LogP contribution >= 0.6 is 34.9 Å². The fraction of sp³-hybridized carbons (Fsp3) is 0.212. The number of amides is 2. The summed E-state index contributed by atoms with van der Waals surface area (Å²) in [5, 5.41) is 12.1. The number of thiazole rings is 1. The first-order chi connectivity index (χ1) is 50.2. The highest BCUT2D eigenvalue weighted by Gasteiger charge is 2.57. The van der Waals surface area contributed by atoms with Crippen molar-refractivity contribution in [1.29, 1.82) is 0 Å². The number of thioether (sulfide) groups is 2. The standard InChI is InChI=1S/C80H72N6O13S3/c1-91-42-44-93-52-95-66-39-38-54(46-67(66)96-53-94-45-43-92-2)49-97-84-69(65-51-101-79(81-65)83-80(59-32-18-7-19-33-59,60-34-20-8-21-35-60)61-36-22-9-23-37-61)74(88)82-70-75(89)86-71(78(90)99-73(57-28-14-5-15-29-57)58-30-16-6-17-31-58)64(50-100-77(70)86)76-85-41-40-63(102-76)47-62(85)48-68(87)98-72(55-24-10-3-11-25-55)56-26-12-4-13-27-56/h3-41,46-47,51,70,72-73,76-77H,42-45,48-50,52-53H2,1-2H3,(H-,81,82,83,88)/p+1/t70?,76?,77-/m0/s1. The Morgan fingerprint density at radius 3 is 1.68 bits per heavy atom. The molecule has 0 radical (unpaired) electrons. The Bertz CT molecular complexity index is 4370. The smallest absolute Gasteiger partial charge is 0.356 e. The van der Waals surface area contributed by atoms with Crippen molar-refractivity contribution in [3.8, 4) is 11.5 Å². The van der Waals surface area contributed by atoms with Crippen molar-refractivity contribution in [3.63, 3.8) is 0 Å². The highest BCUT2D eigenvalue weighted by molar-refractivity contribution is 8.01. The van der Waals surface area contributed by atoms with Gasteiger partial charge < -0.3 is 53.4 Å². The highest BCUT2D eigenvalue weighted by atomic mass is 32.2. The molecular weight excluding hydrogens is 1350 g/mol. The van der Waals surface area contributed by atoms with Crippen molar-refractivity contribution < 1.29 is 66.5 Å². The maximum Gasteiger partial charge on any atom is 0.356 e. The number of hydrogen-bond donors (Lipinski definition) is 2. The lowest BCUT2D eigenvalue weighted by Crippen LogP contribution is -2.71. The Hall–Kier alpha value is -10.4. The molecule has 1 fully saturated rings. The van der Waals surface area contributed by atoms with Crippen molar-refractivity contribution in [2.24, 2.45) is 5.16 Å². The van der Waals surface area contributed by atoms with Gasteiger partial charge in [0.25, 0.3) is 11.8 Å². The Labute approximate surface area is 603 Å². The van der Waals surface area contributed by atoms with E-state index in [1.807, 2.05) is 199 Å². The molecule has 10 aromatic rings. The van der Waals surface area contributed by atoms with Gasteiger partial charge in [0.1, 0.15) is 41.4 Å². The second-order valence-corrected chi connectivity index (χ2v) is 26.9. The molecule has 2 bridgehead atoms. The largest absolute Gasteiger partial charge is 0.464 e. The van der Waals surface area contributed by atoms with Crippen LogP contribution in [0.25, 0.3) is 0 Å². The van der Waals surface area contributed by atoms with E-state index in [0.29, 0.717) is 64.4 Å². The number of β-lactam (4-membered cyclic amide) rings is 1. The van der Waals surface area contributed by atoms with Gasteiger partial charge in [-0.2, -0.15) is 4.57 Å². The molecule has 19 nitrogen and oxygen atoms in total. The van der Waals surface area contributed by atoms with Crippen LogP contribution in [0.2, 0.25) is 0 Å². The average Bonchev–Trinajstić information content (AvgIpc) is 0.777. The molecule has 2 N–H and O–H groups in total. The zero-order chi connectivity index (χ0) is 70.0. The minimum atomic E-state index is -1.18. The van der Waals surface area contributed by atoms with Gasteiger partial charge in [-0.25, -0.2) is 9.78 Å². The SMILES string of the molecule is COCCOCOc1ccc(CON=C(C(=O)NC2C(=O)N3C(C(=O)OC(c4ccccc4)c4ccccc4)=C(C4Sc5cc[n+]4c(CC(=O)OC(c4ccccc4)c4ccccc4)c5)CS[C@@H]23)c2csc(NC(c3ccccc3)(c3ccccc3)c3ccccc3)n2)cc1OCOCCOC. The first kappa shape index (κ1) is 70.0. The van der Waals surface area contributed by atoms with E-state index < -0.39 is 58.3 Å². The summed E-state index contributed by atoms with van der Waals surface area (Å²) in [4.78, 5) is 74.4. The van der Waals surface area contributed by atoms with Crippen LogP contribution in [0.1, 0.15) is 73.5 Å². The van der Waals surface area contributed by atoms with E-state index in [-0.39, 0.29) is 56.1 Å². The average molecular weight is 1420 g/mol. The zero-order valence-corrected chi connectivity index (χ0v) is 58.3. The van der Waals surface area contributed by atoms with E-state index >= 15 is 14.4 Å². The highest BCUT2D eigenvalue weighted by Crippen LogP contribution is 2.49. The number of carbonyl (C=O) groups is 4. The molecular formula is C80H73N6O13S3+. The number of oxime groups is 1. The third-order valence-electron chi connectivity index (χ3n) is 17.3. The summed E-state index contributed by atoms with van der Waals surface area (Å²) in [6.07, 6.45) is 0.244. The van der Waals surface area contributed by atoms with Gasteiger partial charge in [0, 0.05) is 42.4 Å². The topological polar surface area (TPSA) is 208 Å². The maximum absolute atomic E-state index is 15.6. The molecule has 14 rings (SSSR count).